The summed E-state index contributed by atoms with van der Waals surface area (Å²) in [6.45, 7) is 7.40. The number of fused-ring (bicyclic) bond motifs is 1. The molecule has 234 valence electrons. The van der Waals surface area contributed by atoms with Crippen molar-refractivity contribution in [2.24, 2.45) is 0 Å². The second-order valence-electron chi connectivity index (χ2n) is 10.8. The Morgan fingerprint density at radius 1 is 1.23 bits per heavy atom. The van der Waals surface area contributed by atoms with Crippen LogP contribution in [-0.4, -0.2) is 69.9 Å². The van der Waals surface area contributed by atoms with E-state index in [0.29, 0.717) is 23.6 Å². The first-order valence-electron chi connectivity index (χ1n) is 14.0. The predicted octanol–water partition coefficient (Wildman–Crippen LogP) is 4.30. The molecule has 0 unspecified atom stereocenters. The number of aromatic nitrogens is 4. The minimum Gasteiger partial charge on any atom is -0.496 e. The molecule has 3 aromatic heterocycles. The minimum absolute atomic E-state index is 0.00315. The van der Waals surface area contributed by atoms with Gasteiger partial charge in [-0.3, -0.25) is 19.5 Å². The van der Waals surface area contributed by atoms with E-state index in [1.807, 2.05) is 6.92 Å². The number of nitrogens with two attached hydrogens (primary N) is 1. The Hall–Kier alpha value is -4.17. The Morgan fingerprint density at radius 3 is 2.59 bits per heavy atom. The van der Waals surface area contributed by atoms with Gasteiger partial charge in [0, 0.05) is 36.1 Å². The Morgan fingerprint density at radius 2 is 1.93 bits per heavy atom. The maximum atomic E-state index is 14.5. The smallest absolute Gasteiger partial charge is 0.419 e. The molecule has 2 amide bonds. The molecule has 15 heteroatoms. The molecule has 0 bridgehead atoms. The Labute approximate surface area is 256 Å². The van der Waals surface area contributed by atoms with Crippen LogP contribution >= 0.6 is 11.6 Å². The van der Waals surface area contributed by atoms with Gasteiger partial charge in [-0.05, 0) is 52.8 Å². The summed E-state index contributed by atoms with van der Waals surface area (Å²) in [5, 5.41) is 2.40. The molecule has 1 saturated heterocycles. The summed E-state index contributed by atoms with van der Waals surface area (Å²) in [6.07, 6.45) is -0.201. The van der Waals surface area contributed by atoms with Crippen LogP contribution in [0.1, 0.15) is 62.5 Å². The van der Waals surface area contributed by atoms with Crippen LogP contribution in [0.5, 0.6) is 5.75 Å². The SMILES string of the molecule is COc1c(C)cnc(CN2C(=O)/C(=C\c3[nH]c(C)c(C(=O)NCCN4CCCC4)c3C(F)(F)F)c3c(Cl)nc(N)nc32)c1C. The molecule has 11 nitrogen and oxygen atoms in total. The number of rotatable bonds is 8. The summed E-state index contributed by atoms with van der Waals surface area (Å²) >= 11 is 6.41. The third-order valence-electron chi connectivity index (χ3n) is 7.85. The highest BCUT2D eigenvalue weighted by molar-refractivity contribution is 6.41. The van der Waals surface area contributed by atoms with Gasteiger partial charge < -0.3 is 25.7 Å². The van der Waals surface area contributed by atoms with E-state index >= 15 is 0 Å². The maximum absolute atomic E-state index is 14.5. The second kappa shape index (κ2) is 12.1. The monoisotopic (exact) mass is 632 g/mol. The number of pyridine rings is 1. The lowest BCUT2D eigenvalue weighted by Gasteiger charge is -2.19. The quantitative estimate of drug-likeness (QED) is 0.247. The number of aryl methyl sites for hydroxylation is 2. The van der Waals surface area contributed by atoms with Gasteiger partial charge in [0.1, 0.15) is 10.9 Å². The molecule has 3 aromatic rings. The van der Waals surface area contributed by atoms with Gasteiger partial charge in [-0.1, -0.05) is 11.6 Å². The molecular formula is C29H32ClF3N8O3. The second-order valence-corrected chi connectivity index (χ2v) is 11.1. The first-order valence-corrected chi connectivity index (χ1v) is 14.4. The summed E-state index contributed by atoms with van der Waals surface area (Å²) < 4.78 is 49.1. The van der Waals surface area contributed by atoms with E-state index in [1.165, 1.54) is 18.9 Å². The lowest BCUT2D eigenvalue weighted by Crippen LogP contribution is -2.34. The number of methoxy groups -OCH3 is 1. The number of amides is 2. The molecule has 0 spiro atoms. The number of ether oxygens (including phenoxy) is 1. The highest BCUT2D eigenvalue weighted by Crippen LogP contribution is 2.44. The summed E-state index contributed by atoms with van der Waals surface area (Å²) in [4.78, 5) is 45.5. The Kier molecular flexibility index (Phi) is 8.58. The van der Waals surface area contributed by atoms with Crippen LogP contribution in [0.4, 0.5) is 24.9 Å². The van der Waals surface area contributed by atoms with Gasteiger partial charge in [-0.25, -0.2) is 4.98 Å². The van der Waals surface area contributed by atoms with E-state index in [-0.39, 0.29) is 46.8 Å². The zero-order valence-electron chi connectivity index (χ0n) is 24.7. The van der Waals surface area contributed by atoms with Crippen LogP contribution in [-0.2, 0) is 17.5 Å². The van der Waals surface area contributed by atoms with Gasteiger partial charge >= 0.3 is 6.18 Å². The average Bonchev–Trinajstić information content (AvgIpc) is 3.64. The zero-order valence-corrected chi connectivity index (χ0v) is 25.4. The van der Waals surface area contributed by atoms with Crippen LogP contribution < -0.4 is 20.7 Å². The molecular weight excluding hydrogens is 601 g/mol. The molecule has 2 aliphatic heterocycles. The fourth-order valence-corrected chi connectivity index (χ4v) is 6.05. The van der Waals surface area contributed by atoms with E-state index in [1.54, 1.807) is 13.1 Å². The van der Waals surface area contributed by atoms with Crippen LogP contribution in [0, 0.1) is 20.8 Å². The van der Waals surface area contributed by atoms with Crippen LogP contribution in [0.25, 0.3) is 11.6 Å². The molecule has 0 saturated carbocycles. The number of nitrogen functional groups attached to an aromatic ring is 1. The zero-order chi connectivity index (χ0) is 31.9. The number of hydrogen-bond acceptors (Lipinski definition) is 8. The van der Waals surface area contributed by atoms with Crippen molar-refractivity contribution >= 4 is 46.8 Å². The molecule has 0 atom stereocenters. The number of hydrogen-bond donors (Lipinski definition) is 3. The number of aromatic amines is 1. The van der Waals surface area contributed by atoms with Crippen molar-refractivity contribution in [1.82, 2.24) is 30.2 Å². The number of alkyl halides is 3. The molecule has 2 aliphatic rings. The van der Waals surface area contributed by atoms with Crippen LogP contribution in [0.2, 0.25) is 5.15 Å². The molecule has 44 heavy (non-hydrogen) atoms. The van der Waals surface area contributed by atoms with Crippen molar-refractivity contribution in [1.29, 1.82) is 0 Å². The highest BCUT2D eigenvalue weighted by atomic mass is 35.5. The predicted molar refractivity (Wildman–Crippen MR) is 159 cm³/mol. The van der Waals surface area contributed by atoms with E-state index in [9.17, 15) is 22.8 Å². The number of nitrogens with zero attached hydrogens (tertiary/aromatic N) is 5. The van der Waals surface area contributed by atoms with Gasteiger partial charge in [0.2, 0.25) is 5.95 Å². The van der Waals surface area contributed by atoms with Crippen LogP contribution in [0.3, 0.4) is 0 Å². The number of halogens is 4. The number of likely N-dealkylation sites (tertiary alicyclic amines) is 1. The van der Waals surface area contributed by atoms with Gasteiger partial charge in [-0.2, -0.15) is 18.2 Å². The maximum Gasteiger partial charge on any atom is 0.419 e. The van der Waals surface area contributed by atoms with Crippen molar-refractivity contribution in [2.75, 3.05) is 43.9 Å². The first kappa shape index (κ1) is 31.3. The summed E-state index contributed by atoms with van der Waals surface area (Å²) in [5.41, 5.74) is 5.37. The van der Waals surface area contributed by atoms with E-state index in [0.717, 1.165) is 37.6 Å². The van der Waals surface area contributed by atoms with Crippen molar-refractivity contribution < 1.29 is 27.5 Å². The Bertz CT molecular complexity index is 1660. The normalized spacial score (nSPS) is 16.2. The van der Waals surface area contributed by atoms with E-state index in [4.69, 9.17) is 22.1 Å². The average molecular weight is 633 g/mol. The molecule has 4 N–H and O–H groups in total. The van der Waals surface area contributed by atoms with Gasteiger partial charge in [0.15, 0.2) is 5.82 Å². The first-order chi connectivity index (χ1) is 20.8. The molecule has 5 rings (SSSR count). The molecule has 1 fully saturated rings. The van der Waals surface area contributed by atoms with E-state index in [2.05, 4.69) is 30.2 Å². The number of H-pyrrole nitrogens is 1. The van der Waals surface area contributed by atoms with Crippen molar-refractivity contribution in [2.45, 2.75) is 46.3 Å². The van der Waals surface area contributed by atoms with Crippen molar-refractivity contribution in [3.63, 3.8) is 0 Å². The molecule has 5 heterocycles. The lowest BCUT2D eigenvalue weighted by atomic mass is 10.0. The number of anilines is 2. The van der Waals surface area contributed by atoms with Crippen LogP contribution in [0.15, 0.2) is 6.20 Å². The number of nitrogens with one attached hydrogen (secondary N) is 2. The van der Waals surface area contributed by atoms with Crippen molar-refractivity contribution in [3.8, 4) is 5.75 Å². The third-order valence-corrected chi connectivity index (χ3v) is 8.12. The third kappa shape index (κ3) is 5.83. The standard InChI is InChI=1S/C29H32ClF3N8O3/c1-14-12-36-19(15(2)23(14)44-4)13-41-25-21(24(30)38-28(34)39-25)17(27(41)43)11-18-22(29(31,32)33)20(16(3)37-18)26(42)35-7-10-40-8-5-6-9-40/h11-12,37H,5-10,13H2,1-4H3,(H,35,42)(H2,34,38,39)/b17-11-. The fraction of sp³-hybridized carbons (Fsp3) is 0.414. The molecule has 0 aliphatic carbocycles. The topological polar surface area (TPSA) is 142 Å². The number of carbonyl (C=O) groups excluding carboxylic acids is 2. The fourth-order valence-electron chi connectivity index (χ4n) is 5.78. The summed E-state index contributed by atoms with van der Waals surface area (Å²) in [6, 6.07) is 0. The molecule has 0 aromatic carbocycles. The number of carbonyl (C=O) groups is 2. The molecule has 0 radical (unpaired) electrons. The van der Waals surface area contributed by atoms with Gasteiger partial charge in [-0.15, -0.1) is 0 Å². The summed E-state index contributed by atoms with van der Waals surface area (Å²) in [5.74, 6) is -1.17. The van der Waals surface area contributed by atoms with E-state index < -0.39 is 34.8 Å². The largest absolute Gasteiger partial charge is 0.496 e. The lowest BCUT2D eigenvalue weighted by molar-refractivity contribution is -0.138. The van der Waals surface area contributed by atoms with Gasteiger partial charge in [0.05, 0.1) is 47.3 Å². The Balaban J connectivity index is 1.55. The minimum atomic E-state index is -4.93. The summed E-state index contributed by atoms with van der Waals surface area (Å²) in [7, 11) is 1.52. The van der Waals surface area contributed by atoms with Gasteiger partial charge in [0.25, 0.3) is 11.8 Å². The highest BCUT2D eigenvalue weighted by Gasteiger charge is 2.42. The van der Waals surface area contributed by atoms with Crippen molar-refractivity contribution in [3.05, 3.63) is 56.2 Å².